The van der Waals surface area contributed by atoms with Crippen molar-refractivity contribution in [3.8, 4) is 0 Å². The molecule has 1 N–H and O–H groups in total. The quantitative estimate of drug-likeness (QED) is 0.914. The number of nitrogens with one attached hydrogen (secondary N) is 1. The van der Waals surface area contributed by atoms with Crippen LogP contribution in [0.15, 0.2) is 24.4 Å². The molecular weight excluding hydrogens is 246 g/mol. The first-order chi connectivity index (χ1) is 9.56. The summed E-state index contributed by atoms with van der Waals surface area (Å²) >= 11 is 0. The number of hydrogen-bond acceptors (Lipinski definition) is 3. The van der Waals surface area contributed by atoms with Gasteiger partial charge in [-0.05, 0) is 51.2 Å². The van der Waals surface area contributed by atoms with Gasteiger partial charge < -0.3 is 5.32 Å². The zero-order chi connectivity index (χ0) is 14.2. The molecule has 2 heterocycles. The Bertz CT molecular complexity index is 457. The monoisotopic (exact) mass is 273 g/mol. The van der Waals surface area contributed by atoms with Crippen LogP contribution < -0.4 is 5.32 Å². The van der Waals surface area contributed by atoms with Crippen molar-refractivity contribution in [2.75, 3.05) is 13.1 Å². The van der Waals surface area contributed by atoms with Gasteiger partial charge in [-0.2, -0.15) is 0 Å². The lowest BCUT2D eigenvalue weighted by atomic mass is 9.84. The first-order valence-electron chi connectivity index (χ1n) is 7.96. The molecule has 1 aromatic rings. The topological polar surface area (TPSA) is 28.2 Å². The summed E-state index contributed by atoms with van der Waals surface area (Å²) < 4.78 is 0. The van der Waals surface area contributed by atoms with Crippen LogP contribution in [-0.4, -0.2) is 34.1 Å². The van der Waals surface area contributed by atoms with Gasteiger partial charge >= 0.3 is 0 Å². The van der Waals surface area contributed by atoms with Gasteiger partial charge in [0.2, 0.25) is 0 Å². The molecule has 1 aliphatic heterocycles. The molecule has 2 aliphatic rings. The molecule has 3 nitrogen and oxygen atoms in total. The lowest BCUT2D eigenvalue weighted by molar-refractivity contribution is -0.00218. The van der Waals surface area contributed by atoms with Crippen LogP contribution in [0.2, 0.25) is 0 Å². The van der Waals surface area contributed by atoms with Gasteiger partial charge in [-0.3, -0.25) is 9.88 Å². The average Bonchev–Trinajstić information content (AvgIpc) is 3.29. The van der Waals surface area contributed by atoms with Gasteiger partial charge in [0.05, 0.1) is 5.69 Å². The average molecular weight is 273 g/mol. The maximum absolute atomic E-state index is 4.53. The Kier molecular flexibility index (Phi) is 3.59. The highest BCUT2D eigenvalue weighted by atomic mass is 15.3. The lowest BCUT2D eigenvalue weighted by Gasteiger charge is -2.52. The normalized spacial score (nSPS) is 35.1. The second-order valence-electron chi connectivity index (χ2n) is 7.08. The Hall–Kier alpha value is -0.930. The lowest BCUT2D eigenvalue weighted by Crippen LogP contribution is -2.68. The summed E-state index contributed by atoms with van der Waals surface area (Å²) in [5.41, 5.74) is 1.73. The zero-order valence-corrected chi connectivity index (χ0v) is 13.0. The number of pyridine rings is 1. The highest BCUT2D eigenvalue weighted by molar-refractivity contribution is 5.11. The van der Waals surface area contributed by atoms with E-state index in [0.717, 1.165) is 25.6 Å². The van der Waals surface area contributed by atoms with E-state index in [1.807, 2.05) is 12.3 Å². The van der Waals surface area contributed by atoms with E-state index in [1.54, 1.807) is 0 Å². The predicted octanol–water partition coefficient (Wildman–Crippen LogP) is 2.82. The number of piperazine rings is 1. The Labute approximate surface area is 122 Å². The Morgan fingerprint density at radius 1 is 1.35 bits per heavy atom. The largest absolute Gasteiger partial charge is 0.308 e. The Morgan fingerprint density at radius 3 is 2.75 bits per heavy atom. The first kappa shape index (κ1) is 14.0. The molecule has 2 atom stereocenters. The van der Waals surface area contributed by atoms with Crippen LogP contribution in [0.4, 0.5) is 0 Å². The third-order valence-corrected chi connectivity index (χ3v) is 5.45. The number of nitrogens with zero attached hydrogens (tertiary/aromatic N) is 2. The van der Waals surface area contributed by atoms with Gasteiger partial charge in [0, 0.05) is 36.9 Å². The zero-order valence-electron chi connectivity index (χ0n) is 13.0. The first-order valence-corrected chi connectivity index (χ1v) is 7.96. The summed E-state index contributed by atoms with van der Waals surface area (Å²) in [4.78, 5) is 7.22. The molecule has 0 amide bonds. The molecule has 2 fully saturated rings. The molecule has 2 unspecified atom stereocenters. The van der Waals surface area contributed by atoms with E-state index in [-0.39, 0.29) is 5.54 Å². The minimum Gasteiger partial charge on any atom is -0.308 e. The molecule has 1 saturated carbocycles. The maximum atomic E-state index is 4.53. The molecule has 1 aromatic heterocycles. The molecule has 3 heteroatoms. The van der Waals surface area contributed by atoms with Gasteiger partial charge in [0.1, 0.15) is 0 Å². The van der Waals surface area contributed by atoms with Crippen LogP contribution in [0.5, 0.6) is 0 Å². The van der Waals surface area contributed by atoms with E-state index in [0.29, 0.717) is 5.54 Å². The van der Waals surface area contributed by atoms with Crippen molar-refractivity contribution in [1.82, 2.24) is 15.2 Å². The highest BCUT2D eigenvalue weighted by Crippen LogP contribution is 2.45. The van der Waals surface area contributed by atoms with Gasteiger partial charge in [0.15, 0.2) is 0 Å². The van der Waals surface area contributed by atoms with E-state index in [4.69, 9.17) is 0 Å². The molecule has 20 heavy (non-hydrogen) atoms. The van der Waals surface area contributed by atoms with Crippen molar-refractivity contribution in [3.05, 3.63) is 30.1 Å². The van der Waals surface area contributed by atoms with Crippen LogP contribution in [0.3, 0.4) is 0 Å². The van der Waals surface area contributed by atoms with Crippen LogP contribution in [0.25, 0.3) is 0 Å². The third-order valence-electron chi connectivity index (χ3n) is 5.45. The number of aromatic nitrogens is 1. The van der Waals surface area contributed by atoms with E-state index < -0.39 is 0 Å². The fraction of sp³-hybridized carbons (Fsp3) is 0.706. The van der Waals surface area contributed by atoms with Crippen molar-refractivity contribution >= 4 is 0 Å². The van der Waals surface area contributed by atoms with E-state index in [9.17, 15) is 0 Å². The Morgan fingerprint density at radius 2 is 2.15 bits per heavy atom. The maximum Gasteiger partial charge on any atom is 0.0544 e. The second kappa shape index (κ2) is 5.12. The molecule has 0 spiro atoms. The van der Waals surface area contributed by atoms with Crippen LogP contribution in [-0.2, 0) is 6.54 Å². The summed E-state index contributed by atoms with van der Waals surface area (Å²) in [6.07, 6.45) is 5.86. The van der Waals surface area contributed by atoms with Crippen molar-refractivity contribution in [1.29, 1.82) is 0 Å². The minimum absolute atomic E-state index is 0.239. The van der Waals surface area contributed by atoms with Gasteiger partial charge in [-0.1, -0.05) is 13.0 Å². The number of rotatable bonds is 4. The van der Waals surface area contributed by atoms with E-state index in [2.05, 4.69) is 48.1 Å². The van der Waals surface area contributed by atoms with Crippen LogP contribution in [0, 0.1) is 5.92 Å². The van der Waals surface area contributed by atoms with Gasteiger partial charge in [-0.15, -0.1) is 0 Å². The van der Waals surface area contributed by atoms with Crippen molar-refractivity contribution in [2.45, 2.75) is 57.7 Å². The summed E-state index contributed by atoms with van der Waals surface area (Å²) in [7, 11) is 0. The Balaban J connectivity index is 1.81. The van der Waals surface area contributed by atoms with Gasteiger partial charge in [-0.25, -0.2) is 0 Å². The minimum atomic E-state index is 0.239. The van der Waals surface area contributed by atoms with E-state index >= 15 is 0 Å². The van der Waals surface area contributed by atoms with Crippen LogP contribution in [0.1, 0.15) is 45.7 Å². The standard InChI is InChI=1S/C17H27N3/c1-4-16(2)13-20(11-15-7-5-6-10-18-15)17(3,12-19-16)14-8-9-14/h5-7,10,14,19H,4,8-9,11-13H2,1-3H3. The SMILES string of the molecule is CCC1(C)CN(Cc2ccccn2)C(C)(C2CC2)CN1. The highest BCUT2D eigenvalue weighted by Gasteiger charge is 2.50. The summed E-state index contributed by atoms with van der Waals surface area (Å²) in [5, 5.41) is 3.81. The van der Waals surface area contributed by atoms with Crippen molar-refractivity contribution in [3.63, 3.8) is 0 Å². The van der Waals surface area contributed by atoms with Crippen molar-refractivity contribution < 1.29 is 0 Å². The molecule has 0 aromatic carbocycles. The summed E-state index contributed by atoms with van der Waals surface area (Å²) in [6.45, 7) is 10.3. The fourth-order valence-corrected chi connectivity index (χ4v) is 3.43. The molecule has 3 rings (SSSR count). The molecule has 110 valence electrons. The fourth-order valence-electron chi connectivity index (χ4n) is 3.43. The predicted molar refractivity (Wildman–Crippen MR) is 82.5 cm³/mol. The van der Waals surface area contributed by atoms with E-state index in [1.165, 1.54) is 25.0 Å². The molecule has 1 saturated heterocycles. The smallest absolute Gasteiger partial charge is 0.0544 e. The third kappa shape index (κ3) is 2.61. The second-order valence-corrected chi connectivity index (χ2v) is 7.08. The molecule has 0 radical (unpaired) electrons. The van der Waals surface area contributed by atoms with Crippen LogP contribution >= 0.6 is 0 Å². The molecule has 0 bridgehead atoms. The van der Waals surface area contributed by atoms with Gasteiger partial charge in [0.25, 0.3) is 0 Å². The number of hydrogen-bond donors (Lipinski definition) is 1. The molecule has 1 aliphatic carbocycles. The summed E-state index contributed by atoms with van der Waals surface area (Å²) in [5.74, 6) is 0.861. The molecular formula is C17H27N3. The van der Waals surface area contributed by atoms with Crippen molar-refractivity contribution in [2.24, 2.45) is 5.92 Å². The summed E-state index contributed by atoms with van der Waals surface area (Å²) in [6, 6.07) is 6.24.